The Morgan fingerprint density at radius 1 is 1.10 bits per heavy atom. The van der Waals surface area contributed by atoms with Gasteiger partial charge in [-0.3, -0.25) is 9.59 Å². The van der Waals surface area contributed by atoms with Crippen LogP contribution in [0.2, 0.25) is 0 Å². The smallest absolute Gasteiger partial charge is 0.308 e. The highest BCUT2D eigenvalue weighted by molar-refractivity contribution is 5.91. The van der Waals surface area contributed by atoms with E-state index in [0.29, 0.717) is 52.3 Å². The van der Waals surface area contributed by atoms with E-state index in [2.05, 4.69) is 4.74 Å². The van der Waals surface area contributed by atoms with Crippen molar-refractivity contribution in [3.8, 4) is 17.1 Å². The van der Waals surface area contributed by atoms with E-state index >= 15 is 0 Å². The monoisotopic (exact) mass is 396 g/mol. The molecule has 1 aromatic heterocycles. The number of methoxy groups -OCH3 is 1. The second-order valence-corrected chi connectivity index (χ2v) is 6.98. The summed E-state index contributed by atoms with van der Waals surface area (Å²) in [5.41, 5.74) is 13.1. The van der Waals surface area contributed by atoms with E-state index in [9.17, 15) is 9.59 Å². The Labute approximate surface area is 165 Å². The molecule has 1 aliphatic carbocycles. The molecule has 0 unspecified atom stereocenters. The van der Waals surface area contributed by atoms with Crippen LogP contribution in [0, 0.1) is 5.92 Å². The fourth-order valence-corrected chi connectivity index (χ4v) is 3.25. The molecule has 1 heterocycles. The van der Waals surface area contributed by atoms with Crippen LogP contribution in [0.15, 0.2) is 51.7 Å². The van der Waals surface area contributed by atoms with Gasteiger partial charge in [-0.15, -0.1) is 0 Å². The van der Waals surface area contributed by atoms with Crippen LogP contribution in [0.4, 0.5) is 11.4 Å². The van der Waals surface area contributed by atoms with E-state index < -0.39 is 0 Å². The Hall–Kier alpha value is -3.52. The highest BCUT2D eigenvalue weighted by atomic mass is 17.2. The fraction of sp³-hybridized carbons (Fsp3) is 0.238. The van der Waals surface area contributed by atoms with Crippen molar-refractivity contribution in [2.45, 2.75) is 18.9 Å². The standard InChI is InChI=1S/C21H20N2O6/c1-26-21(25)12-6-15(7-12)29-28-14-4-2-11(3-5-14)19-10-18(24)16-8-13(22)9-17(23)20(16)27-19/h2-5,8-10,12,15H,6-7,22-23H2,1H3. The summed E-state index contributed by atoms with van der Waals surface area (Å²) in [5, 5.41) is 0.338. The first-order valence-corrected chi connectivity index (χ1v) is 9.09. The van der Waals surface area contributed by atoms with Crippen LogP contribution in [0.25, 0.3) is 22.3 Å². The number of nitrogens with two attached hydrogens (primary N) is 2. The van der Waals surface area contributed by atoms with Crippen molar-refractivity contribution in [2.24, 2.45) is 5.92 Å². The minimum absolute atomic E-state index is 0.130. The molecule has 4 rings (SSSR count). The van der Waals surface area contributed by atoms with Gasteiger partial charge in [0.25, 0.3) is 0 Å². The molecule has 0 bridgehead atoms. The molecule has 1 aliphatic rings. The highest BCUT2D eigenvalue weighted by Crippen LogP contribution is 2.32. The van der Waals surface area contributed by atoms with Crippen LogP contribution >= 0.6 is 0 Å². The van der Waals surface area contributed by atoms with Gasteiger partial charge in [0.1, 0.15) is 11.9 Å². The van der Waals surface area contributed by atoms with Crippen LogP contribution in [0.5, 0.6) is 5.75 Å². The maximum Gasteiger partial charge on any atom is 0.308 e. The normalized spacial score (nSPS) is 18.2. The van der Waals surface area contributed by atoms with Gasteiger partial charge in [-0.2, -0.15) is 4.89 Å². The molecular weight excluding hydrogens is 376 g/mol. The summed E-state index contributed by atoms with van der Waals surface area (Å²) in [5.74, 6) is 0.515. The van der Waals surface area contributed by atoms with E-state index in [4.69, 9.17) is 25.7 Å². The molecule has 8 heteroatoms. The van der Waals surface area contributed by atoms with Gasteiger partial charge in [0.15, 0.2) is 16.8 Å². The van der Waals surface area contributed by atoms with Gasteiger partial charge in [-0.25, -0.2) is 0 Å². The highest BCUT2D eigenvalue weighted by Gasteiger charge is 2.37. The maximum absolute atomic E-state index is 12.4. The average Bonchev–Trinajstić information content (AvgIpc) is 2.67. The molecule has 0 aliphatic heterocycles. The zero-order chi connectivity index (χ0) is 20.5. The molecule has 3 aromatic rings. The zero-order valence-electron chi connectivity index (χ0n) is 15.7. The minimum atomic E-state index is -0.228. The van der Waals surface area contributed by atoms with E-state index in [1.807, 2.05) is 0 Å². The quantitative estimate of drug-likeness (QED) is 0.292. The molecule has 2 aromatic carbocycles. The predicted molar refractivity (Wildman–Crippen MR) is 107 cm³/mol. The van der Waals surface area contributed by atoms with E-state index in [1.165, 1.54) is 13.2 Å². The van der Waals surface area contributed by atoms with Crippen molar-refractivity contribution >= 4 is 28.3 Å². The molecule has 0 spiro atoms. The molecule has 0 amide bonds. The lowest BCUT2D eigenvalue weighted by Crippen LogP contribution is -2.37. The van der Waals surface area contributed by atoms with Crippen LogP contribution in [0.3, 0.4) is 0 Å². The number of esters is 1. The maximum atomic E-state index is 12.4. The number of carbonyl (C=O) groups is 1. The van der Waals surface area contributed by atoms with Crippen molar-refractivity contribution in [1.29, 1.82) is 0 Å². The lowest BCUT2D eigenvalue weighted by molar-refractivity contribution is -0.270. The van der Waals surface area contributed by atoms with Gasteiger partial charge in [-0.05, 0) is 49.2 Å². The van der Waals surface area contributed by atoms with Crippen molar-refractivity contribution in [3.05, 3.63) is 52.7 Å². The first-order valence-electron chi connectivity index (χ1n) is 9.09. The molecule has 1 saturated carbocycles. The Kier molecular flexibility index (Phi) is 4.85. The largest absolute Gasteiger partial charge is 0.469 e. The average molecular weight is 396 g/mol. The van der Waals surface area contributed by atoms with Crippen molar-refractivity contribution in [1.82, 2.24) is 0 Å². The van der Waals surface area contributed by atoms with Gasteiger partial charge in [0, 0.05) is 17.3 Å². The third-order valence-electron chi connectivity index (χ3n) is 4.93. The second-order valence-electron chi connectivity index (χ2n) is 6.98. The summed E-state index contributed by atoms with van der Waals surface area (Å²) in [6.07, 6.45) is 0.991. The predicted octanol–water partition coefficient (Wildman–Crippen LogP) is 2.89. The van der Waals surface area contributed by atoms with Crippen molar-refractivity contribution < 1.29 is 23.7 Å². The molecule has 0 saturated heterocycles. The Morgan fingerprint density at radius 3 is 2.52 bits per heavy atom. The number of fused-ring (bicyclic) bond motifs is 1. The lowest BCUT2D eigenvalue weighted by atomic mass is 9.82. The molecule has 29 heavy (non-hydrogen) atoms. The third kappa shape index (κ3) is 3.74. The van der Waals surface area contributed by atoms with Gasteiger partial charge in [0.2, 0.25) is 0 Å². The molecule has 0 atom stereocenters. The minimum Gasteiger partial charge on any atom is -0.469 e. The summed E-state index contributed by atoms with van der Waals surface area (Å²) in [6.45, 7) is 0. The summed E-state index contributed by atoms with van der Waals surface area (Å²) in [6, 6.07) is 11.4. The van der Waals surface area contributed by atoms with Crippen LogP contribution in [-0.2, 0) is 14.4 Å². The summed E-state index contributed by atoms with van der Waals surface area (Å²) < 4.78 is 10.5. The van der Waals surface area contributed by atoms with Gasteiger partial charge >= 0.3 is 5.97 Å². The lowest BCUT2D eigenvalue weighted by Gasteiger charge is -2.31. The topological polar surface area (TPSA) is 127 Å². The Morgan fingerprint density at radius 2 is 1.83 bits per heavy atom. The van der Waals surface area contributed by atoms with Crippen LogP contribution in [0.1, 0.15) is 12.8 Å². The Bertz CT molecular complexity index is 1120. The summed E-state index contributed by atoms with van der Waals surface area (Å²) in [7, 11) is 1.37. The third-order valence-corrected chi connectivity index (χ3v) is 4.93. The first kappa shape index (κ1) is 18.8. The molecule has 150 valence electrons. The number of anilines is 2. The molecule has 8 nitrogen and oxygen atoms in total. The summed E-state index contributed by atoms with van der Waals surface area (Å²) in [4.78, 5) is 34.4. The van der Waals surface area contributed by atoms with Crippen molar-refractivity contribution in [3.63, 3.8) is 0 Å². The first-order chi connectivity index (χ1) is 13.9. The van der Waals surface area contributed by atoms with E-state index in [1.54, 1.807) is 36.4 Å². The van der Waals surface area contributed by atoms with E-state index in [0.717, 1.165) is 0 Å². The number of hydrogen-bond donors (Lipinski definition) is 2. The fourth-order valence-electron chi connectivity index (χ4n) is 3.25. The van der Waals surface area contributed by atoms with Gasteiger partial charge in [-0.1, -0.05) is 0 Å². The molecule has 1 fully saturated rings. The number of benzene rings is 2. The Balaban J connectivity index is 1.46. The zero-order valence-corrected chi connectivity index (χ0v) is 15.7. The van der Waals surface area contributed by atoms with E-state index in [-0.39, 0.29) is 23.4 Å². The van der Waals surface area contributed by atoms with Gasteiger partial charge in [0.05, 0.1) is 24.1 Å². The number of rotatable bonds is 5. The van der Waals surface area contributed by atoms with Gasteiger partial charge < -0.3 is 25.5 Å². The molecular formula is C21H20N2O6. The number of ether oxygens (including phenoxy) is 1. The van der Waals surface area contributed by atoms with Crippen LogP contribution < -0.4 is 21.8 Å². The second kappa shape index (κ2) is 7.48. The number of carbonyl (C=O) groups excluding carboxylic acids is 1. The number of hydrogen-bond acceptors (Lipinski definition) is 8. The van der Waals surface area contributed by atoms with Crippen LogP contribution in [-0.4, -0.2) is 19.2 Å². The SMILES string of the molecule is COC(=O)C1CC(OOc2ccc(-c3cc(=O)c4cc(N)cc(N)c4o3)cc2)C1. The summed E-state index contributed by atoms with van der Waals surface area (Å²) >= 11 is 0. The number of nitrogen functional groups attached to an aromatic ring is 2. The molecule has 0 radical (unpaired) electrons. The molecule has 4 N–H and O–H groups in total. The van der Waals surface area contributed by atoms with Crippen molar-refractivity contribution in [2.75, 3.05) is 18.6 Å².